The van der Waals surface area contributed by atoms with Crippen LogP contribution in [0.2, 0.25) is 0 Å². The fraction of sp³-hybridized carbons (Fsp3) is 0.423. The van der Waals surface area contributed by atoms with Gasteiger partial charge in [-0.15, -0.1) is 0 Å². The van der Waals surface area contributed by atoms with E-state index in [0.29, 0.717) is 6.42 Å². The molecule has 154 valence electrons. The first kappa shape index (κ1) is 21.3. The van der Waals surface area contributed by atoms with Crippen molar-refractivity contribution in [2.75, 3.05) is 32.1 Å². The van der Waals surface area contributed by atoms with Crippen molar-refractivity contribution in [2.24, 2.45) is 0 Å². The van der Waals surface area contributed by atoms with E-state index in [4.69, 9.17) is 0 Å². The van der Waals surface area contributed by atoms with Crippen LogP contribution in [-0.4, -0.2) is 33.5 Å². The van der Waals surface area contributed by atoms with Crippen molar-refractivity contribution in [3.05, 3.63) is 63.0 Å². The molecular weight excluding hydrogens is 356 g/mol. The van der Waals surface area contributed by atoms with E-state index in [1.54, 1.807) is 0 Å². The Morgan fingerprint density at radius 3 is 2.55 bits per heavy atom. The molecule has 0 atom stereocenters. The molecule has 0 saturated carbocycles. The van der Waals surface area contributed by atoms with Crippen LogP contribution in [-0.2, 0) is 16.6 Å². The number of aryl methyl sites for hydroxylation is 1. The summed E-state index contributed by atoms with van der Waals surface area (Å²) in [7, 11) is 4.18. The first-order chi connectivity index (χ1) is 13.8. The minimum Gasteiger partial charge on any atom is -0.378 e. The van der Waals surface area contributed by atoms with E-state index in [0.717, 1.165) is 43.9 Å². The van der Waals surface area contributed by atoms with Gasteiger partial charge in [-0.05, 0) is 83.3 Å². The third kappa shape index (κ3) is 4.62. The van der Waals surface area contributed by atoms with Crippen LogP contribution in [0.3, 0.4) is 0 Å². The van der Waals surface area contributed by atoms with Gasteiger partial charge in [0.05, 0.1) is 0 Å². The molecule has 29 heavy (non-hydrogen) atoms. The van der Waals surface area contributed by atoms with Gasteiger partial charge in [0.1, 0.15) is 6.29 Å². The number of carbonyl (C=O) groups is 1. The number of hydrogen-bond donors (Lipinski definition) is 1. The Bertz CT molecular complexity index is 988. The summed E-state index contributed by atoms with van der Waals surface area (Å²) in [6.07, 6.45) is 6.98. The van der Waals surface area contributed by atoms with E-state index in [-0.39, 0.29) is 5.41 Å². The summed E-state index contributed by atoms with van der Waals surface area (Å²) in [5, 5.41) is 5.88. The monoisotopic (exact) mass is 390 g/mol. The third-order valence-corrected chi connectivity index (χ3v) is 6.06. The number of aldehydes is 1. The van der Waals surface area contributed by atoms with Crippen LogP contribution in [0.1, 0.15) is 55.4 Å². The van der Waals surface area contributed by atoms with Crippen LogP contribution in [0.25, 0.3) is 12.7 Å². The predicted octanol–water partition coefficient (Wildman–Crippen LogP) is 3.13. The second-order valence-electron chi connectivity index (χ2n) is 8.81. The molecule has 3 rings (SSSR count). The molecule has 1 N–H and O–H groups in total. The smallest absolute Gasteiger partial charge is 0.120 e. The highest BCUT2D eigenvalue weighted by Crippen LogP contribution is 2.36. The SMILES string of the molecule is C=c1cc2c(cc1CCCNCCCC=O)=Cc1ccc(N(C)C)cc1C2(C)C. The maximum absolute atomic E-state index is 10.4. The van der Waals surface area contributed by atoms with E-state index < -0.39 is 0 Å². The van der Waals surface area contributed by atoms with Gasteiger partial charge in [0, 0.05) is 31.6 Å². The quantitative estimate of drug-likeness (QED) is 0.527. The van der Waals surface area contributed by atoms with E-state index in [1.807, 2.05) is 0 Å². The number of carbonyl (C=O) groups excluding carboxylic acids is 1. The third-order valence-electron chi connectivity index (χ3n) is 6.06. The minimum atomic E-state index is -0.0451. The molecule has 3 heteroatoms. The molecule has 0 heterocycles. The van der Waals surface area contributed by atoms with Gasteiger partial charge in [0.15, 0.2) is 0 Å². The van der Waals surface area contributed by atoms with E-state index in [9.17, 15) is 4.79 Å². The van der Waals surface area contributed by atoms with Crippen molar-refractivity contribution in [3.63, 3.8) is 0 Å². The minimum absolute atomic E-state index is 0.0451. The van der Waals surface area contributed by atoms with Gasteiger partial charge in [0.2, 0.25) is 0 Å². The van der Waals surface area contributed by atoms with E-state index in [2.05, 4.69) is 81.1 Å². The Morgan fingerprint density at radius 1 is 1.07 bits per heavy atom. The molecule has 0 spiro atoms. The summed E-state index contributed by atoms with van der Waals surface area (Å²) in [5.74, 6) is 0. The lowest BCUT2D eigenvalue weighted by atomic mass is 9.71. The lowest BCUT2D eigenvalue weighted by Gasteiger charge is -2.33. The lowest BCUT2D eigenvalue weighted by molar-refractivity contribution is -0.107. The summed E-state index contributed by atoms with van der Waals surface area (Å²) >= 11 is 0. The van der Waals surface area contributed by atoms with Crippen molar-refractivity contribution >= 4 is 24.6 Å². The predicted molar refractivity (Wildman–Crippen MR) is 124 cm³/mol. The number of rotatable bonds is 9. The number of fused-ring (bicyclic) bond motifs is 2. The normalized spacial score (nSPS) is 13.9. The van der Waals surface area contributed by atoms with Gasteiger partial charge in [-0.2, -0.15) is 0 Å². The van der Waals surface area contributed by atoms with Gasteiger partial charge in [-0.3, -0.25) is 0 Å². The number of benzene rings is 2. The molecule has 0 bridgehead atoms. The highest BCUT2D eigenvalue weighted by molar-refractivity contribution is 5.67. The van der Waals surface area contributed by atoms with Crippen molar-refractivity contribution in [1.29, 1.82) is 0 Å². The average molecular weight is 391 g/mol. The largest absolute Gasteiger partial charge is 0.378 e. The van der Waals surface area contributed by atoms with Crippen LogP contribution in [0, 0.1) is 0 Å². The zero-order valence-corrected chi connectivity index (χ0v) is 18.3. The zero-order chi connectivity index (χ0) is 21.0. The molecule has 0 amide bonds. The topological polar surface area (TPSA) is 32.3 Å². The summed E-state index contributed by atoms with van der Waals surface area (Å²) in [6.45, 7) is 10.9. The molecule has 2 aromatic carbocycles. The molecular formula is C26H34N2O. The van der Waals surface area contributed by atoms with Crippen LogP contribution >= 0.6 is 0 Å². The van der Waals surface area contributed by atoms with E-state index >= 15 is 0 Å². The van der Waals surface area contributed by atoms with Gasteiger partial charge in [-0.25, -0.2) is 0 Å². The Morgan fingerprint density at radius 2 is 1.83 bits per heavy atom. The molecule has 0 aromatic heterocycles. The maximum Gasteiger partial charge on any atom is 0.120 e. The number of hydrogen-bond acceptors (Lipinski definition) is 3. The number of unbranched alkanes of at least 4 members (excludes halogenated alkanes) is 1. The Hall–Kier alpha value is -2.39. The van der Waals surface area contributed by atoms with Gasteiger partial charge in [0.25, 0.3) is 0 Å². The second-order valence-corrected chi connectivity index (χ2v) is 8.81. The summed E-state index contributed by atoms with van der Waals surface area (Å²) in [5.41, 5.74) is 6.58. The number of anilines is 1. The van der Waals surface area contributed by atoms with Crippen molar-refractivity contribution in [2.45, 2.75) is 44.9 Å². The van der Waals surface area contributed by atoms with E-state index in [1.165, 1.54) is 33.2 Å². The summed E-state index contributed by atoms with van der Waals surface area (Å²) in [4.78, 5) is 12.5. The lowest BCUT2D eigenvalue weighted by Crippen LogP contribution is -2.34. The fourth-order valence-electron chi connectivity index (χ4n) is 4.24. The molecule has 3 nitrogen and oxygen atoms in total. The summed E-state index contributed by atoms with van der Waals surface area (Å²) in [6, 6.07) is 11.4. The molecule has 0 saturated heterocycles. The van der Waals surface area contributed by atoms with Crippen molar-refractivity contribution in [1.82, 2.24) is 5.32 Å². The average Bonchev–Trinajstić information content (AvgIpc) is 2.68. The van der Waals surface area contributed by atoms with Crippen LogP contribution in [0.15, 0.2) is 30.3 Å². The first-order valence-corrected chi connectivity index (χ1v) is 10.6. The molecule has 0 aliphatic heterocycles. The molecule has 1 aliphatic rings. The summed E-state index contributed by atoms with van der Waals surface area (Å²) < 4.78 is 0. The Labute approximate surface area is 175 Å². The molecule has 2 aromatic rings. The van der Waals surface area contributed by atoms with Crippen LogP contribution in [0.5, 0.6) is 0 Å². The first-order valence-electron chi connectivity index (χ1n) is 10.6. The maximum atomic E-state index is 10.4. The van der Waals surface area contributed by atoms with Crippen LogP contribution in [0.4, 0.5) is 5.69 Å². The molecule has 0 radical (unpaired) electrons. The highest BCUT2D eigenvalue weighted by atomic mass is 16.1. The second kappa shape index (κ2) is 8.96. The Kier molecular flexibility index (Phi) is 6.59. The number of nitrogens with one attached hydrogen (secondary N) is 1. The number of nitrogens with zero attached hydrogens (tertiary/aromatic N) is 1. The zero-order valence-electron chi connectivity index (χ0n) is 18.3. The molecule has 0 fully saturated rings. The van der Waals surface area contributed by atoms with Gasteiger partial charge >= 0.3 is 0 Å². The van der Waals surface area contributed by atoms with Crippen molar-refractivity contribution in [3.8, 4) is 0 Å². The van der Waals surface area contributed by atoms with Gasteiger partial charge in [-0.1, -0.05) is 38.6 Å². The van der Waals surface area contributed by atoms with Crippen LogP contribution < -0.4 is 20.7 Å². The van der Waals surface area contributed by atoms with Crippen molar-refractivity contribution < 1.29 is 4.79 Å². The Balaban J connectivity index is 1.83. The van der Waals surface area contributed by atoms with Gasteiger partial charge < -0.3 is 15.0 Å². The molecule has 1 aliphatic carbocycles. The standard InChI is InChI=1S/C26H34N2O/c1-19-15-24-22(16-20(19)9-8-13-27-12-6-7-14-29)17-21-10-11-23(28(4)5)18-25(21)26(24,2)3/h10-11,14-18,27H,1,6-9,12-13H2,2-5H3. The fourth-order valence-corrected chi connectivity index (χ4v) is 4.24. The molecule has 0 unspecified atom stereocenters. The highest BCUT2D eigenvalue weighted by Gasteiger charge is 2.30.